The minimum Gasteiger partial charge on any atom is -0.298 e. The topological polar surface area (TPSA) is 34.1 Å². The largest absolute Gasteiger partial charge is 0.298 e. The van der Waals surface area contributed by atoms with Crippen LogP contribution in [-0.4, -0.2) is 12.1 Å². The van der Waals surface area contributed by atoms with Gasteiger partial charge < -0.3 is 0 Å². The second-order valence-corrected chi connectivity index (χ2v) is 2.85. The van der Waals surface area contributed by atoms with E-state index in [0.717, 1.165) is 11.8 Å². The number of aldehydes is 1. The molecule has 0 bridgehead atoms. The highest BCUT2D eigenvalue weighted by Gasteiger charge is 1.99. The SMILES string of the molecule is C=C=CC(=O)Cc1ccc(C=O)cc1. The van der Waals surface area contributed by atoms with Crippen LogP contribution in [0, 0.1) is 0 Å². The molecule has 0 heterocycles. The fraction of sp³-hybridized carbons (Fsp3) is 0.0833. The summed E-state index contributed by atoms with van der Waals surface area (Å²) in [5.41, 5.74) is 3.92. The van der Waals surface area contributed by atoms with E-state index in [0.29, 0.717) is 12.0 Å². The summed E-state index contributed by atoms with van der Waals surface area (Å²) in [4.78, 5) is 21.5. The molecule has 1 aromatic carbocycles. The normalized spacial score (nSPS) is 8.86. The zero-order chi connectivity index (χ0) is 10.4. The van der Waals surface area contributed by atoms with Crippen LogP contribution < -0.4 is 0 Å². The maximum absolute atomic E-state index is 11.1. The molecule has 0 fully saturated rings. The third kappa shape index (κ3) is 2.85. The van der Waals surface area contributed by atoms with E-state index >= 15 is 0 Å². The van der Waals surface area contributed by atoms with Gasteiger partial charge in [0.15, 0.2) is 5.78 Å². The average molecular weight is 186 g/mol. The Hall–Kier alpha value is -1.92. The van der Waals surface area contributed by atoms with Gasteiger partial charge in [-0.2, -0.15) is 0 Å². The smallest absolute Gasteiger partial charge is 0.167 e. The molecular weight excluding hydrogens is 176 g/mol. The van der Waals surface area contributed by atoms with Gasteiger partial charge in [0.25, 0.3) is 0 Å². The number of benzene rings is 1. The lowest BCUT2D eigenvalue weighted by Crippen LogP contribution is -1.97. The molecule has 0 unspecified atom stereocenters. The van der Waals surface area contributed by atoms with Gasteiger partial charge in [-0.15, -0.1) is 5.73 Å². The lowest BCUT2D eigenvalue weighted by Gasteiger charge is -1.96. The molecule has 70 valence electrons. The van der Waals surface area contributed by atoms with Crippen molar-refractivity contribution in [3.8, 4) is 0 Å². The van der Waals surface area contributed by atoms with Gasteiger partial charge >= 0.3 is 0 Å². The molecule has 1 aromatic rings. The van der Waals surface area contributed by atoms with Crippen molar-refractivity contribution >= 4 is 12.1 Å². The van der Waals surface area contributed by atoms with Gasteiger partial charge in [-0.3, -0.25) is 9.59 Å². The highest BCUT2D eigenvalue weighted by molar-refractivity contribution is 5.91. The lowest BCUT2D eigenvalue weighted by molar-refractivity contribution is -0.114. The Morgan fingerprint density at radius 3 is 2.50 bits per heavy atom. The number of carbonyl (C=O) groups is 2. The van der Waals surface area contributed by atoms with Crippen molar-refractivity contribution < 1.29 is 9.59 Å². The molecule has 0 saturated carbocycles. The summed E-state index contributed by atoms with van der Waals surface area (Å²) in [5.74, 6) is -0.0427. The van der Waals surface area contributed by atoms with Crippen molar-refractivity contribution in [3.63, 3.8) is 0 Å². The third-order valence-electron chi connectivity index (χ3n) is 1.76. The van der Waals surface area contributed by atoms with Crippen molar-refractivity contribution in [1.29, 1.82) is 0 Å². The van der Waals surface area contributed by atoms with Crippen molar-refractivity contribution in [2.24, 2.45) is 0 Å². The molecule has 0 amide bonds. The molecule has 0 radical (unpaired) electrons. The van der Waals surface area contributed by atoms with Crippen LogP contribution in [0.4, 0.5) is 0 Å². The summed E-state index contributed by atoms with van der Waals surface area (Å²) in [7, 11) is 0. The molecule has 2 heteroatoms. The second-order valence-electron chi connectivity index (χ2n) is 2.85. The van der Waals surface area contributed by atoms with E-state index in [9.17, 15) is 9.59 Å². The van der Waals surface area contributed by atoms with E-state index in [2.05, 4.69) is 12.3 Å². The highest BCUT2D eigenvalue weighted by Crippen LogP contribution is 2.03. The number of hydrogen-bond donors (Lipinski definition) is 0. The number of rotatable bonds is 4. The Morgan fingerprint density at radius 2 is 2.00 bits per heavy atom. The van der Waals surface area contributed by atoms with Crippen molar-refractivity contribution in [3.05, 3.63) is 53.8 Å². The van der Waals surface area contributed by atoms with Gasteiger partial charge in [-0.1, -0.05) is 30.8 Å². The van der Waals surface area contributed by atoms with Crippen LogP contribution in [0.15, 0.2) is 42.7 Å². The molecule has 1 rings (SSSR count). The summed E-state index contributed by atoms with van der Waals surface area (Å²) in [5, 5.41) is 0. The molecule has 0 saturated heterocycles. The maximum Gasteiger partial charge on any atom is 0.167 e. The molecule has 0 aliphatic heterocycles. The molecule has 2 nitrogen and oxygen atoms in total. The Kier molecular flexibility index (Phi) is 3.59. The van der Waals surface area contributed by atoms with Crippen LogP contribution in [0.2, 0.25) is 0 Å². The van der Waals surface area contributed by atoms with Gasteiger partial charge in [0.1, 0.15) is 6.29 Å². The summed E-state index contributed by atoms with van der Waals surface area (Å²) in [6.07, 6.45) is 2.41. The van der Waals surface area contributed by atoms with Crippen LogP contribution in [0.1, 0.15) is 15.9 Å². The Balaban J connectivity index is 2.73. The minimum atomic E-state index is -0.0427. The summed E-state index contributed by atoms with van der Waals surface area (Å²) in [6, 6.07) is 6.90. The van der Waals surface area contributed by atoms with Crippen molar-refractivity contribution in [2.45, 2.75) is 6.42 Å². The van der Waals surface area contributed by atoms with Gasteiger partial charge in [0.05, 0.1) is 0 Å². The third-order valence-corrected chi connectivity index (χ3v) is 1.76. The molecule has 0 aromatic heterocycles. The highest BCUT2D eigenvalue weighted by atomic mass is 16.1. The van der Waals surface area contributed by atoms with Crippen molar-refractivity contribution in [1.82, 2.24) is 0 Å². The minimum absolute atomic E-state index is 0.0427. The summed E-state index contributed by atoms with van der Waals surface area (Å²) < 4.78 is 0. The first-order valence-electron chi connectivity index (χ1n) is 4.19. The van der Waals surface area contributed by atoms with Crippen LogP contribution in [0.25, 0.3) is 0 Å². The fourth-order valence-electron chi connectivity index (χ4n) is 1.08. The number of allylic oxidation sites excluding steroid dienone is 1. The fourth-order valence-corrected chi connectivity index (χ4v) is 1.08. The van der Waals surface area contributed by atoms with Crippen LogP contribution in [0.5, 0.6) is 0 Å². The van der Waals surface area contributed by atoms with E-state index in [-0.39, 0.29) is 5.78 Å². The van der Waals surface area contributed by atoms with E-state index in [1.54, 1.807) is 24.3 Å². The predicted octanol–water partition coefficient (Wildman–Crippen LogP) is 1.95. The zero-order valence-corrected chi connectivity index (χ0v) is 7.69. The first kappa shape index (κ1) is 10.2. The average Bonchev–Trinajstić information content (AvgIpc) is 2.19. The van der Waals surface area contributed by atoms with Gasteiger partial charge in [-0.05, 0) is 5.56 Å². The van der Waals surface area contributed by atoms with E-state index in [1.165, 1.54) is 6.08 Å². The Morgan fingerprint density at radius 1 is 1.36 bits per heavy atom. The van der Waals surface area contributed by atoms with Gasteiger partial charge in [0, 0.05) is 18.1 Å². The molecule has 0 spiro atoms. The number of carbonyl (C=O) groups excluding carboxylic acids is 2. The monoisotopic (exact) mass is 186 g/mol. The van der Waals surface area contributed by atoms with E-state index in [1.807, 2.05) is 0 Å². The first-order chi connectivity index (χ1) is 6.76. The quantitative estimate of drug-likeness (QED) is 0.409. The molecule has 0 N–H and O–H groups in total. The first-order valence-corrected chi connectivity index (χ1v) is 4.19. The van der Waals surface area contributed by atoms with Gasteiger partial charge in [-0.25, -0.2) is 0 Å². The van der Waals surface area contributed by atoms with Crippen molar-refractivity contribution in [2.75, 3.05) is 0 Å². The van der Waals surface area contributed by atoms with Crippen LogP contribution in [0.3, 0.4) is 0 Å². The molecule has 14 heavy (non-hydrogen) atoms. The predicted molar refractivity (Wildman–Crippen MR) is 54.3 cm³/mol. The molecular formula is C12H10O2. The lowest BCUT2D eigenvalue weighted by atomic mass is 10.1. The van der Waals surface area contributed by atoms with Gasteiger partial charge in [0.2, 0.25) is 0 Å². The van der Waals surface area contributed by atoms with E-state index in [4.69, 9.17) is 0 Å². The number of hydrogen-bond acceptors (Lipinski definition) is 2. The maximum atomic E-state index is 11.1. The summed E-state index contributed by atoms with van der Waals surface area (Å²) >= 11 is 0. The molecule has 0 atom stereocenters. The van der Waals surface area contributed by atoms with Crippen LogP contribution >= 0.6 is 0 Å². The molecule has 0 aliphatic carbocycles. The zero-order valence-electron chi connectivity index (χ0n) is 7.69. The van der Waals surface area contributed by atoms with E-state index < -0.39 is 0 Å². The standard InChI is InChI=1S/C12H10O2/c1-2-3-12(14)8-10-4-6-11(9-13)7-5-10/h3-7,9H,1,8H2. The van der Waals surface area contributed by atoms with Crippen LogP contribution in [-0.2, 0) is 11.2 Å². The Bertz CT molecular complexity index is 381. The second kappa shape index (κ2) is 4.95. The molecule has 0 aliphatic rings. The summed E-state index contributed by atoms with van der Waals surface area (Å²) in [6.45, 7) is 3.32. The Labute approximate surface area is 82.6 Å². The number of ketones is 1.